The van der Waals surface area contributed by atoms with Gasteiger partial charge in [0.1, 0.15) is 11.5 Å². The van der Waals surface area contributed by atoms with Gasteiger partial charge in [0, 0.05) is 29.9 Å². The molecule has 0 saturated carbocycles. The maximum atomic E-state index is 11.3. The minimum absolute atomic E-state index is 0.0414. The van der Waals surface area contributed by atoms with Crippen LogP contribution in [0.3, 0.4) is 0 Å². The lowest BCUT2D eigenvalue weighted by molar-refractivity contribution is -0.143. The van der Waals surface area contributed by atoms with Gasteiger partial charge in [0.2, 0.25) is 0 Å². The SMILES string of the molecule is COc1ccc(OC)c(C(Cc2ccccn2)N2CCC(C(=O)O)CC2)c1. The number of piperidine rings is 1. The number of aliphatic carboxylic acids is 1. The van der Waals surface area contributed by atoms with E-state index in [-0.39, 0.29) is 12.0 Å². The van der Waals surface area contributed by atoms with Crippen LogP contribution in [-0.2, 0) is 11.2 Å². The van der Waals surface area contributed by atoms with Gasteiger partial charge >= 0.3 is 5.97 Å². The Kier molecular flexibility index (Phi) is 6.29. The quantitative estimate of drug-likeness (QED) is 0.807. The van der Waals surface area contributed by atoms with E-state index in [1.165, 1.54) is 0 Å². The van der Waals surface area contributed by atoms with E-state index in [0.29, 0.717) is 12.8 Å². The summed E-state index contributed by atoms with van der Waals surface area (Å²) in [6, 6.07) is 11.8. The minimum atomic E-state index is -0.699. The van der Waals surface area contributed by atoms with Gasteiger partial charge in [-0.25, -0.2) is 0 Å². The zero-order valence-corrected chi connectivity index (χ0v) is 15.8. The first kappa shape index (κ1) is 19.2. The Hall–Kier alpha value is -2.60. The number of likely N-dealkylation sites (tertiary alicyclic amines) is 1. The van der Waals surface area contributed by atoms with Crippen LogP contribution in [0.25, 0.3) is 0 Å². The number of pyridine rings is 1. The van der Waals surface area contributed by atoms with E-state index < -0.39 is 5.97 Å². The second-order valence-electron chi connectivity index (χ2n) is 6.80. The van der Waals surface area contributed by atoms with Gasteiger partial charge in [-0.2, -0.15) is 0 Å². The molecule has 1 saturated heterocycles. The lowest BCUT2D eigenvalue weighted by Crippen LogP contribution is -2.39. The van der Waals surface area contributed by atoms with Crippen molar-refractivity contribution in [2.24, 2.45) is 5.92 Å². The molecule has 3 rings (SSSR count). The summed E-state index contributed by atoms with van der Waals surface area (Å²) in [5, 5.41) is 9.30. The number of aromatic nitrogens is 1. The van der Waals surface area contributed by atoms with Crippen molar-refractivity contribution >= 4 is 5.97 Å². The third-order valence-corrected chi connectivity index (χ3v) is 5.24. The Bertz CT molecular complexity index is 758. The minimum Gasteiger partial charge on any atom is -0.497 e. The highest BCUT2D eigenvalue weighted by atomic mass is 16.5. The van der Waals surface area contributed by atoms with E-state index in [4.69, 9.17) is 9.47 Å². The van der Waals surface area contributed by atoms with Crippen LogP contribution in [0.2, 0.25) is 0 Å². The van der Waals surface area contributed by atoms with Gasteiger partial charge in [0.05, 0.1) is 20.1 Å². The Balaban J connectivity index is 1.92. The lowest BCUT2D eigenvalue weighted by Gasteiger charge is -2.37. The molecular formula is C21H26N2O4. The average molecular weight is 370 g/mol. The first-order chi connectivity index (χ1) is 13.1. The van der Waals surface area contributed by atoms with Gasteiger partial charge in [0.15, 0.2) is 0 Å². The van der Waals surface area contributed by atoms with Crippen LogP contribution in [0.1, 0.15) is 30.1 Å². The highest BCUT2D eigenvalue weighted by molar-refractivity contribution is 5.70. The van der Waals surface area contributed by atoms with E-state index in [1.54, 1.807) is 20.4 Å². The molecule has 1 aromatic carbocycles. The number of benzene rings is 1. The molecule has 2 heterocycles. The van der Waals surface area contributed by atoms with Crippen LogP contribution >= 0.6 is 0 Å². The molecule has 144 valence electrons. The number of nitrogens with zero attached hydrogens (tertiary/aromatic N) is 2. The number of carboxylic acid groups (broad SMARTS) is 1. The van der Waals surface area contributed by atoms with Crippen molar-refractivity contribution in [1.29, 1.82) is 0 Å². The molecule has 0 radical (unpaired) electrons. The number of ether oxygens (including phenoxy) is 2. The molecular weight excluding hydrogens is 344 g/mol. The fourth-order valence-electron chi connectivity index (χ4n) is 3.71. The van der Waals surface area contributed by atoms with E-state index in [2.05, 4.69) is 9.88 Å². The number of hydrogen-bond donors (Lipinski definition) is 1. The van der Waals surface area contributed by atoms with Crippen molar-refractivity contribution in [2.45, 2.75) is 25.3 Å². The van der Waals surface area contributed by atoms with Crippen LogP contribution in [0.15, 0.2) is 42.6 Å². The van der Waals surface area contributed by atoms with E-state index in [1.807, 2.05) is 36.4 Å². The fourth-order valence-corrected chi connectivity index (χ4v) is 3.71. The summed E-state index contributed by atoms with van der Waals surface area (Å²) in [6.45, 7) is 1.46. The molecule has 0 aliphatic carbocycles. The number of rotatable bonds is 7. The van der Waals surface area contributed by atoms with Gasteiger partial charge in [-0.1, -0.05) is 6.07 Å². The highest BCUT2D eigenvalue weighted by Crippen LogP contribution is 2.36. The van der Waals surface area contributed by atoms with Gasteiger partial charge < -0.3 is 14.6 Å². The predicted molar refractivity (Wildman–Crippen MR) is 102 cm³/mol. The van der Waals surface area contributed by atoms with Crippen LogP contribution in [-0.4, -0.2) is 48.3 Å². The van der Waals surface area contributed by atoms with Crippen molar-refractivity contribution in [1.82, 2.24) is 9.88 Å². The van der Waals surface area contributed by atoms with E-state index >= 15 is 0 Å². The first-order valence-corrected chi connectivity index (χ1v) is 9.21. The van der Waals surface area contributed by atoms with Gasteiger partial charge in [0.25, 0.3) is 0 Å². The van der Waals surface area contributed by atoms with Crippen LogP contribution in [0, 0.1) is 5.92 Å². The molecule has 27 heavy (non-hydrogen) atoms. The van der Waals surface area contributed by atoms with Gasteiger partial charge in [-0.3, -0.25) is 14.7 Å². The summed E-state index contributed by atoms with van der Waals surface area (Å²) >= 11 is 0. The van der Waals surface area contributed by atoms with Gasteiger partial charge in [-0.15, -0.1) is 0 Å². The zero-order valence-electron chi connectivity index (χ0n) is 15.8. The molecule has 1 fully saturated rings. The smallest absolute Gasteiger partial charge is 0.306 e. The third kappa shape index (κ3) is 4.57. The van der Waals surface area contributed by atoms with E-state index in [9.17, 15) is 9.90 Å². The summed E-state index contributed by atoms with van der Waals surface area (Å²) in [4.78, 5) is 18.1. The van der Waals surface area contributed by atoms with Crippen LogP contribution < -0.4 is 9.47 Å². The van der Waals surface area contributed by atoms with Crippen molar-refractivity contribution in [2.75, 3.05) is 27.3 Å². The number of carbonyl (C=O) groups is 1. The molecule has 6 heteroatoms. The normalized spacial score (nSPS) is 16.7. The maximum Gasteiger partial charge on any atom is 0.306 e. The molecule has 2 aromatic rings. The number of methoxy groups -OCH3 is 2. The predicted octanol–water partition coefficient (Wildman–Crippen LogP) is 3.18. The molecule has 0 spiro atoms. The van der Waals surface area contributed by atoms with Crippen molar-refractivity contribution in [3.05, 3.63) is 53.9 Å². The monoisotopic (exact) mass is 370 g/mol. The molecule has 1 atom stereocenters. The second-order valence-corrected chi connectivity index (χ2v) is 6.80. The molecule has 1 N–H and O–H groups in total. The Morgan fingerprint density at radius 3 is 2.59 bits per heavy atom. The Morgan fingerprint density at radius 2 is 2.00 bits per heavy atom. The first-order valence-electron chi connectivity index (χ1n) is 9.21. The van der Waals surface area contributed by atoms with Crippen molar-refractivity contribution in [3.8, 4) is 11.5 Å². The van der Waals surface area contributed by atoms with Crippen LogP contribution in [0.5, 0.6) is 11.5 Å². The summed E-state index contributed by atoms with van der Waals surface area (Å²) < 4.78 is 11.0. The maximum absolute atomic E-state index is 11.3. The highest BCUT2D eigenvalue weighted by Gasteiger charge is 2.31. The Labute approximate surface area is 159 Å². The second kappa shape index (κ2) is 8.86. The zero-order chi connectivity index (χ0) is 19.2. The van der Waals surface area contributed by atoms with Crippen molar-refractivity contribution < 1.29 is 19.4 Å². The van der Waals surface area contributed by atoms with Crippen molar-refractivity contribution in [3.63, 3.8) is 0 Å². The molecule has 6 nitrogen and oxygen atoms in total. The summed E-state index contributed by atoms with van der Waals surface area (Å²) in [5.74, 6) is 0.619. The number of carboxylic acids is 1. The largest absolute Gasteiger partial charge is 0.497 e. The molecule has 1 aliphatic rings. The molecule has 1 unspecified atom stereocenters. The standard InChI is InChI=1S/C21H26N2O4/c1-26-17-6-7-20(27-2)18(14-17)19(13-16-5-3-4-10-22-16)23-11-8-15(9-12-23)21(24)25/h3-7,10,14-15,19H,8-9,11-13H2,1-2H3,(H,24,25). The van der Waals surface area contributed by atoms with E-state index in [0.717, 1.165) is 42.3 Å². The summed E-state index contributed by atoms with van der Waals surface area (Å²) in [7, 11) is 3.32. The summed E-state index contributed by atoms with van der Waals surface area (Å²) in [5.41, 5.74) is 2.03. The molecule has 1 aliphatic heterocycles. The third-order valence-electron chi connectivity index (χ3n) is 5.24. The van der Waals surface area contributed by atoms with Gasteiger partial charge in [-0.05, 0) is 56.3 Å². The average Bonchev–Trinajstić information content (AvgIpc) is 2.72. The lowest BCUT2D eigenvalue weighted by atomic mass is 9.92. The fraction of sp³-hybridized carbons (Fsp3) is 0.429. The summed E-state index contributed by atoms with van der Waals surface area (Å²) in [6.07, 6.45) is 3.83. The van der Waals surface area contributed by atoms with Crippen LogP contribution in [0.4, 0.5) is 0 Å². The molecule has 0 bridgehead atoms. The Morgan fingerprint density at radius 1 is 1.22 bits per heavy atom. The topological polar surface area (TPSA) is 71.9 Å². The molecule has 0 amide bonds. The molecule has 1 aromatic heterocycles. The number of hydrogen-bond acceptors (Lipinski definition) is 5.